The molecular formula is C28H34ClF2N7O4. The zero-order valence-corrected chi connectivity index (χ0v) is 24.4. The molecule has 2 atom stereocenters. The molecule has 6 rings (SSSR count). The first-order chi connectivity index (χ1) is 20.1. The highest BCUT2D eigenvalue weighted by atomic mass is 35.5. The van der Waals surface area contributed by atoms with E-state index in [0.29, 0.717) is 55.2 Å². The summed E-state index contributed by atoms with van der Waals surface area (Å²) in [5.41, 5.74) is 1.09. The molecule has 1 aromatic carbocycles. The highest BCUT2D eigenvalue weighted by molar-refractivity contribution is 6.31. The number of likely N-dealkylation sites (tertiary alicyclic amines) is 2. The lowest BCUT2D eigenvalue weighted by atomic mass is 9.90. The summed E-state index contributed by atoms with van der Waals surface area (Å²) in [6.07, 6.45) is 1.38. The van der Waals surface area contributed by atoms with Crippen molar-refractivity contribution >= 4 is 29.4 Å². The number of hydrogen-bond donors (Lipinski definition) is 1. The number of carbonyl (C=O) groups is 3. The van der Waals surface area contributed by atoms with Crippen LogP contribution >= 0.6 is 11.6 Å². The van der Waals surface area contributed by atoms with Gasteiger partial charge in [-0.2, -0.15) is 0 Å². The Bertz CT molecular complexity index is 1410. The van der Waals surface area contributed by atoms with E-state index in [1.165, 1.54) is 7.05 Å². The highest BCUT2D eigenvalue weighted by Gasteiger charge is 2.56. The lowest BCUT2D eigenvalue weighted by molar-refractivity contribution is -0.140. The number of fused-ring (bicyclic) bond motifs is 1. The first-order valence-electron chi connectivity index (χ1n) is 14.3. The average molecular weight is 606 g/mol. The lowest BCUT2D eigenvalue weighted by Crippen LogP contribution is -2.54. The molecule has 1 aliphatic carbocycles. The molecule has 1 unspecified atom stereocenters. The summed E-state index contributed by atoms with van der Waals surface area (Å²) in [5, 5.41) is 10.8. The van der Waals surface area contributed by atoms with Crippen LogP contribution in [0.15, 0.2) is 12.1 Å². The van der Waals surface area contributed by atoms with Crippen molar-refractivity contribution in [3.63, 3.8) is 0 Å². The Hall–Kier alpha value is -3.48. The van der Waals surface area contributed by atoms with Gasteiger partial charge in [-0.25, -0.2) is 18.3 Å². The number of benzene rings is 1. The summed E-state index contributed by atoms with van der Waals surface area (Å²) in [6.45, 7) is 1.43. The van der Waals surface area contributed by atoms with E-state index in [-0.39, 0.29) is 47.8 Å². The normalized spacial score (nSPS) is 22.7. The Balaban J connectivity index is 1.36. The minimum Gasteiger partial charge on any atom is -0.487 e. The zero-order chi connectivity index (χ0) is 29.8. The molecule has 1 N–H and O–H groups in total. The second-order valence-corrected chi connectivity index (χ2v) is 12.1. The van der Waals surface area contributed by atoms with Crippen LogP contribution < -0.4 is 10.1 Å². The third kappa shape index (κ3) is 5.05. The molecule has 4 amide bonds. The fourth-order valence-electron chi connectivity index (χ4n) is 6.75. The first-order valence-corrected chi connectivity index (χ1v) is 14.7. The molecule has 226 valence electrons. The van der Waals surface area contributed by atoms with Gasteiger partial charge in [-0.3, -0.25) is 9.59 Å². The van der Waals surface area contributed by atoms with Gasteiger partial charge in [0, 0.05) is 57.3 Å². The van der Waals surface area contributed by atoms with E-state index in [1.54, 1.807) is 33.9 Å². The van der Waals surface area contributed by atoms with Gasteiger partial charge in [0.25, 0.3) is 6.43 Å². The third-order valence-corrected chi connectivity index (χ3v) is 9.51. The van der Waals surface area contributed by atoms with Gasteiger partial charge in [0.05, 0.1) is 6.04 Å². The van der Waals surface area contributed by atoms with Crippen molar-refractivity contribution in [1.29, 1.82) is 0 Å². The topological polar surface area (TPSA) is 113 Å². The standard InChI is InChI=1S/C28H34ClF2N7O4/c1-32-27(41)38-15-28(8-9-28)12-19(38)26(40)37-11-7-16-17(29)5-6-21(23(16)20(37)13-36-10-3-4-22(36)39)42-14-18-24(25(30)31)35(2)34-33-18/h5-6,19-20,25H,3-4,7-15H2,1-2H3,(H,32,41)/t19-,20?/m0/s1. The molecular weight excluding hydrogens is 572 g/mol. The minimum absolute atomic E-state index is 0.00458. The average Bonchev–Trinajstić information content (AvgIpc) is 3.24. The van der Waals surface area contributed by atoms with Crippen LogP contribution in [0.2, 0.25) is 5.02 Å². The fraction of sp³-hybridized carbons (Fsp3) is 0.607. The number of hydrogen-bond acceptors (Lipinski definition) is 6. The molecule has 4 aliphatic rings. The maximum atomic E-state index is 14.3. The maximum absolute atomic E-state index is 14.3. The van der Waals surface area contributed by atoms with Gasteiger partial charge in [-0.05, 0) is 55.2 Å². The number of halogens is 3. The van der Waals surface area contributed by atoms with Gasteiger partial charge in [0.1, 0.15) is 29.8 Å². The third-order valence-electron chi connectivity index (χ3n) is 9.16. The highest BCUT2D eigenvalue weighted by Crippen LogP contribution is 2.55. The van der Waals surface area contributed by atoms with Crippen molar-refractivity contribution in [2.75, 3.05) is 33.2 Å². The molecule has 1 spiro atoms. The van der Waals surface area contributed by atoms with Gasteiger partial charge in [0.2, 0.25) is 11.8 Å². The zero-order valence-electron chi connectivity index (χ0n) is 23.6. The summed E-state index contributed by atoms with van der Waals surface area (Å²) in [4.78, 5) is 45.0. The van der Waals surface area contributed by atoms with E-state index in [0.717, 1.165) is 29.5 Å². The number of aromatic nitrogens is 3. The van der Waals surface area contributed by atoms with Crippen molar-refractivity contribution in [2.24, 2.45) is 12.5 Å². The number of aryl methyl sites for hydroxylation is 1. The quantitative estimate of drug-likeness (QED) is 0.519. The van der Waals surface area contributed by atoms with E-state index in [1.807, 2.05) is 0 Å². The van der Waals surface area contributed by atoms with Crippen LogP contribution in [-0.4, -0.2) is 86.8 Å². The van der Waals surface area contributed by atoms with Crippen LogP contribution in [0.1, 0.15) is 67.1 Å². The minimum atomic E-state index is -2.78. The largest absolute Gasteiger partial charge is 0.487 e. The summed E-state index contributed by atoms with van der Waals surface area (Å²) in [6, 6.07) is 1.85. The Morgan fingerprint density at radius 1 is 1.21 bits per heavy atom. The van der Waals surface area contributed by atoms with E-state index in [4.69, 9.17) is 16.3 Å². The van der Waals surface area contributed by atoms with Gasteiger partial charge >= 0.3 is 6.03 Å². The molecule has 0 bridgehead atoms. The van der Waals surface area contributed by atoms with E-state index >= 15 is 0 Å². The van der Waals surface area contributed by atoms with Crippen molar-refractivity contribution < 1.29 is 27.9 Å². The van der Waals surface area contributed by atoms with Crippen LogP contribution in [0.5, 0.6) is 5.75 Å². The Morgan fingerprint density at radius 3 is 2.67 bits per heavy atom. The number of alkyl halides is 2. The molecule has 42 heavy (non-hydrogen) atoms. The number of urea groups is 1. The van der Waals surface area contributed by atoms with Crippen molar-refractivity contribution in [3.05, 3.63) is 39.7 Å². The lowest BCUT2D eigenvalue weighted by Gasteiger charge is -2.42. The summed E-state index contributed by atoms with van der Waals surface area (Å²) < 4.78 is 34.5. The van der Waals surface area contributed by atoms with E-state index in [9.17, 15) is 23.2 Å². The fourth-order valence-corrected chi connectivity index (χ4v) is 7.01. The second kappa shape index (κ2) is 11.0. The molecule has 4 heterocycles. The smallest absolute Gasteiger partial charge is 0.317 e. The maximum Gasteiger partial charge on any atom is 0.317 e. The molecule has 11 nitrogen and oxygen atoms in total. The Labute approximate surface area is 247 Å². The van der Waals surface area contributed by atoms with E-state index < -0.39 is 18.5 Å². The van der Waals surface area contributed by atoms with E-state index in [2.05, 4.69) is 15.6 Å². The van der Waals surface area contributed by atoms with Gasteiger partial charge < -0.3 is 24.8 Å². The van der Waals surface area contributed by atoms with Gasteiger partial charge in [-0.1, -0.05) is 16.8 Å². The SMILES string of the molecule is CNC(=O)N1CC2(CC2)C[C@H]1C(=O)N1CCc2c(Cl)ccc(OCc3nnn(C)c3C(F)F)c2C1CN1CCCC1=O. The molecule has 1 aromatic heterocycles. The van der Waals surface area contributed by atoms with Crippen molar-refractivity contribution in [3.8, 4) is 5.75 Å². The van der Waals surface area contributed by atoms with Crippen LogP contribution in [0.4, 0.5) is 13.6 Å². The van der Waals surface area contributed by atoms with Crippen LogP contribution in [0.3, 0.4) is 0 Å². The summed E-state index contributed by atoms with van der Waals surface area (Å²) in [7, 11) is 2.95. The molecule has 2 saturated heterocycles. The summed E-state index contributed by atoms with van der Waals surface area (Å²) >= 11 is 6.67. The predicted molar refractivity (Wildman–Crippen MR) is 147 cm³/mol. The van der Waals surface area contributed by atoms with Crippen molar-refractivity contribution in [2.45, 2.75) is 63.6 Å². The number of amides is 4. The molecule has 2 aromatic rings. The number of carbonyl (C=O) groups excluding carboxylic acids is 3. The molecule has 1 saturated carbocycles. The van der Waals surface area contributed by atoms with Crippen LogP contribution in [-0.2, 0) is 29.7 Å². The molecule has 3 fully saturated rings. The van der Waals surface area contributed by atoms with Crippen molar-refractivity contribution in [1.82, 2.24) is 35.0 Å². The molecule has 0 radical (unpaired) electrons. The number of nitrogens with one attached hydrogen (secondary N) is 1. The Morgan fingerprint density at radius 2 is 2.00 bits per heavy atom. The summed E-state index contributed by atoms with van der Waals surface area (Å²) in [5.74, 6) is 0.206. The van der Waals surface area contributed by atoms with Crippen LogP contribution in [0.25, 0.3) is 0 Å². The molecule has 14 heteroatoms. The van der Waals surface area contributed by atoms with Gasteiger partial charge in [0.15, 0.2) is 0 Å². The molecule has 3 aliphatic heterocycles. The number of nitrogens with zero attached hydrogens (tertiary/aromatic N) is 6. The second-order valence-electron chi connectivity index (χ2n) is 11.7. The van der Waals surface area contributed by atoms with Crippen LogP contribution in [0, 0.1) is 5.41 Å². The number of rotatable bonds is 7. The number of ether oxygens (including phenoxy) is 1. The predicted octanol–water partition coefficient (Wildman–Crippen LogP) is 3.23. The van der Waals surface area contributed by atoms with Gasteiger partial charge in [-0.15, -0.1) is 5.10 Å². The monoisotopic (exact) mass is 605 g/mol. The first kappa shape index (κ1) is 28.6. The Kier molecular flexibility index (Phi) is 7.48.